The molecule has 0 radical (unpaired) electrons. The topological polar surface area (TPSA) is 84.1 Å². The molecule has 1 atom stereocenters. The molecule has 1 amide bonds. The number of primary amides is 1. The molecular weight excluding hydrogens is 294 g/mol. The number of carbonyl (C=O) groups excluding carboxylic acids is 1. The Morgan fingerprint density at radius 2 is 2.17 bits per heavy atom. The highest BCUT2D eigenvalue weighted by molar-refractivity contribution is 5.97. The van der Waals surface area contributed by atoms with E-state index in [1.807, 2.05) is 0 Å². The zero-order chi connectivity index (χ0) is 16.2. The van der Waals surface area contributed by atoms with Crippen molar-refractivity contribution in [2.75, 3.05) is 37.6 Å². The number of aromatic nitrogens is 1. The highest BCUT2D eigenvalue weighted by Crippen LogP contribution is 2.20. The fraction of sp³-hybridized carbons (Fsp3) is 0.562. The Hall–Kier alpha value is -2.15. The van der Waals surface area contributed by atoms with Gasteiger partial charge in [-0.1, -0.05) is 12.1 Å². The number of hydrogen-bond acceptors (Lipinski definition) is 6. The highest BCUT2D eigenvalue weighted by atomic mass is 16.6. The molecule has 1 fully saturated rings. The SMILES string of the molecule is CCC1=NOC(CN2CCN(c3ncccc3C(N)=O)CC2)C1. The molecule has 124 valence electrons. The van der Waals surface area contributed by atoms with Crippen LogP contribution in [-0.2, 0) is 4.84 Å². The molecular formula is C16H23N5O2. The van der Waals surface area contributed by atoms with Gasteiger partial charge in [0.15, 0.2) is 0 Å². The Morgan fingerprint density at radius 1 is 1.39 bits per heavy atom. The van der Waals surface area contributed by atoms with Gasteiger partial charge in [0.2, 0.25) is 0 Å². The quantitative estimate of drug-likeness (QED) is 0.870. The van der Waals surface area contributed by atoms with Crippen LogP contribution < -0.4 is 10.6 Å². The fourth-order valence-electron chi connectivity index (χ4n) is 3.06. The van der Waals surface area contributed by atoms with Gasteiger partial charge in [0.25, 0.3) is 5.91 Å². The number of pyridine rings is 1. The van der Waals surface area contributed by atoms with Crippen LogP contribution in [-0.4, -0.2) is 60.3 Å². The van der Waals surface area contributed by atoms with Crippen LogP contribution in [0.5, 0.6) is 0 Å². The van der Waals surface area contributed by atoms with Crippen molar-refractivity contribution in [3.8, 4) is 0 Å². The van der Waals surface area contributed by atoms with Gasteiger partial charge in [0, 0.05) is 45.3 Å². The first-order valence-corrected chi connectivity index (χ1v) is 8.11. The third-order valence-corrected chi connectivity index (χ3v) is 4.39. The van der Waals surface area contributed by atoms with Crippen molar-refractivity contribution in [3.63, 3.8) is 0 Å². The Kier molecular flexibility index (Phi) is 4.76. The molecule has 7 nitrogen and oxygen atoms in total. The lowest BCUT2D eigenvalue weighted by molar-refractivity contribution is 0.0510. The Balaban J connectivity index is 1.54. The second kappa shape index (κ2) is 6.95. The molecule has 1 aromatic heterocycles. The molecule has 0 bridgehead atoms. The Morgan fingerprint density at radius 3 is 2.83 bits per heavy atom. The summed E-state index contributed by atoms with van der Waals surface area (Å²) in [5.41, 5.74) is 7.07. The van der Waals surface area contributed by atoms with Crippen LogP contribution in [0.2, 0.25) is 0 Å². The van der Waals surface area contributed by atoms with Gasteiger partial charge in [-0.2, -0.15) is 0 Å². The Labute approximate surface area is 136 Å². The number of amides is 1. The zero-order valence-electron chi connectivity index (χ0n) is 13.4. The van der Waals surface area contributed by atoms with E-state index in [-0.39, 0.29) is 6.10 Å². The predicted molar refractivity (Wildman–Crippen MR) is 88.6 cm³/mol. The first kappa shape index (κ1) is 15.7. The van der Waals surface area contributed by atoms with Crippen molar-refractivity contribution in [2.45, 2.75) is 25.9 Å². The second-order valence-electron chi connectivity index (χ2n) is 5.97. The van der Waals surface area contributed by atoms with Gasteiger partial charge in [-0.3, -0.25) is 9.69 Å². The molecule has 23 heavy (non-hydrogen) atoms. The summed E-state index contributed by atoms with van der Waals surface area (Å²) in [5.74, 6) is 0.257. The number of oxime groups is 1. The molecule has 2 aliphatic rings. The number of anilines is 1. The van der Waals surface area contributed by atoms with Crippen molar-refractivity contribution in [3.05, 3.63) is 23.9 Å². The summed E-state index contributed by atoms with van der Waals surface area (Å²) in [6.07, 6.45) is 3.76. The van der Waals surface area contributed by atoms with E-state index >= 15 is 0 Å². The van der Waals surface area contributed by atoms with Gasteiger partial charge in [-0.15, -0.1) is 0 Å². The van der Waals surface area contributed by atoms with Crippen molar-refractivity contribution in [1.29, 1.82) is 0 Å². The molecule has 2 aliphatic heterocycles. The molecule has 0 aromatic carbocycles. The maximum atomic E-state index is 11.5. The molecule has 0 aliphatic carbocycles. The van der Waals surface area contributed by atoms with E-state index in [1.54, 1.807) is 18.3 Å². The van der Waals surface area contributed by atoms with E-state index in [9.17, 15) is 4.79 Å². The average Bonchev–Trinajstić information content (AvgIpc) is 3.03. The maximum Gasteiger partial charge on any atom is 0.252 e. The maximum absolute atomic E-state index is 11.5. The van der Waals surface area contributed by atoms with E-state index in [4.69, 9.17) is 10.6 Å². The number of carbonyl (C=O) groups is 1. The van der Waals surface area contributed by atoms with Gasteiger partial charge >= 0.3 is 0 Å². The molecule has 1 aromatic rings. The van der Waals surface area contributed by atoms with E-state index < -0.39 is 5.91 Å². The summed E-state index contributed by atoms with van der Waals surface area (Å²) in [7, 11) is 0. The largest absolute Gasteiger partial charge is 0.391 e. The van der Waals surface area contributed by atoms with Crippen LogP contribution in [0.4, 0.5) is 5.82 Å². The third kappa shape index (κ3) is 3.61. The standard InChI is InChI=1S/C16H23N5O2/c1-2-12-10-13(23-19-12)11-20-6-8-21(9-7-20)16-14(15(17)22)4-3-5-18-16/h3-5,13H,2,6-11H2,1H3,(H2,17,22). The summed E-state index contributed by atoms with van der Waals surface area (Å²) in [5, 5.41) is 4.11. The lowest BCUT2D eigenvalue weighted by Gasteiger charge is -2.36. The summed E-state index contributed by atoms with van der Waals surface area (Å²) < 4.78 is 0. The van der Waals surface area contributed by atoms with Gasteiger partial charge in [-0.05, 0) is 18.6 Å². The molecule has 3 rings (SSSR count). The number of nitrogens with zero attached hydrogens (tertiary/aromatic N) is 4. The number of hydrogen-bond donors (Lipinski definition) is 1. The summed E-state index contributed by atoms with van der Waals surface area (Å²) in [6.45, 7) is 6.47. The number of nitrogens with two attached hydrogens (primary N) is 1. The van der Waals surface area contributed by atoms with Crippen molar-refractivity contribution >= 4 is 17.4 Å². The molecule has 2 N–H and O–H groups in total. The minimum atomic E-state index is -0.431. The fourth-order valence-corrected chi connectivity index (χ4v) is 3.06. The summed E-state index contributed by atoms with van der Waals surface area (Å²) >= 11 is 0. The van der Waals surface area contributed by atoms with Crippen LogP contribution in [0.15, 0.2) is 23.5 Å². The second-order valence-corrected chi connectivity index (χ2v) is 5.97. The minimum Gasteiger partial charge on any atom is -0.391 e. The molecule has 1 unspecified atom stereocenters. The van der Waals surface area contributed by atoms with Crippen LogP contribution in [0, 0.1) is 0 Å². The average molecular weight is 317 g/mol. The highest BCUT2D eigenvalue weighted by Gasteiger charge is 2.26. The zero-order valence-corrected chi connectivity index (χ0v) is 13.4. The van der Waals surface area contributed by atoms with E-state index in [0.717, 1.165) is 51.3 Å². The number of rotatable bonds is 5. The van der Waals surface area contributed by atoms with E-state index in [1.165, 1.54) is 0 Å². The van der Waals surface area contributed by atoms with Crippen molar-refractivity contribution in [2.24, 2.45) is 10.9 Å². The predicted octanol–water partition coefficient (Wildman–Crippen LogP) is 0.857. The summed E-state index contributed by atoms with van der Waals surface area (Å²) in [6, 6.07) is 3.47. The third-order valence-electron chi connectivity index (χ3n) is 4.39. The van der Waals surface area contributed by atoms with E-state index in [2.05, 4.69) is 26.9 Å². The van der Waals surface area contributed by atoms with Gasteiger partial charge in [0.05, 0.1) is 11.3 Å². The molecule has 0 spiro atoms. The monoisotopic (exact) mass is 317 g/mol. The lowest BCUT2D eigenvalue weighted by atomic mass is 10.1. The first-order chi connectivity index (χ1) is 11.2. The van der Waals surface area contributed by atoms with Crippen molar-refractivity contribution < 1.29 is 9.63 Å². The minimum absolute atomic E-state index is 0.174. The molecule has 1 saturated heterocycles. The van der Waals surface area contributed by atoms with Gasteiger partial charge in [0.1, 0.15) is 11.9 Å². The summed E-state index contributed by atoms with van der Waals surface area (Å²) in [4.78, 5) is 25.9. The lowest BCUT2D eigenvalue weighted by Crippen LogP contribution is -2.49. The first-order valence-electron chi connectivity index (χ1n) is 8.11. The number of piperazine rings is 1. The van der Waals surface area contributed by atoms with Crippen LogP contribution >= 0.6 is 0 Å². The van der Waals surface area contributed by atoms with Crippen LogP contribution in [0.1, 0.15) is 30.1 Å². The van der Waals surface area contributed by atoms with Crippen LogP contribution in [0.25, 0.3) is 0 Å². The Bertz CT molecular complexity index is 596. The van der Waals surface area contributed by atoms with Crippen molar-refractivity contribution in [1.82, 2.24) is 9.88 Å². The normalized spacial score (nSPS) is 21.9. The van der Waals surface area contributed by atoms with E-state index in [0.29, 0.717) is 11.4 Å². The molecule has 0 saturated carbocycles. The molecule has 7 heteroatoms. The molecule has 3 heterocycles. The van der Waals surface area contributed by atoms with Gasteiger partial charge < -0.3 is 15.5 Å². The van der Waals surface area contributed by atoms with Crippen LogP contribution in [0.3, 0.4) is 0 Å². The smallest absolute Gasteiger partial charge is 0.252 e. The van der Waals surface area contributed by atoms with Gasteiger partial charge in [-0.25, -0.2) is 4.98 Å².